The molecule has 1 aromatic carbocycles. The molecule has 1 fully saturated rings. The van der Waals surface area contributed by atoms with Crippen molar-refractivity contribution in [1.29, 1.82) is 5.26 Å². The highest BCUT2D eigenvalue weighted by molar-refractivity contribution is 5.25. The van der Waals surface area contributed by atoms with E-state index in [1.807, 2.05) is 18.2 Å². The summed E-state index contributed by atoms with van der Waals surface area (Å²) < 4.78 is 0. The Bertz CT molecular complexity index is 315. The van der Waals surface area contributed by atoms with Crippen LogP contribution in [0.4, 0.5) is 0 Å². The van der Waals surface area contributed by atoms with Crippen LogP contribution in [0.1, 0.15) is 11.5 Å². The van der Waals surface area contributed by atoms with Gasteiger partial charge in [-0.2, -0.15) is 5.26 Å². The molecule has 0 aliphatic carbocycles. The highest BCUT2D eigenvalue weighted by Gasteiger charge is 2.27. The molecule has 3 nitrogen and oxygen atoms in total. The van der Waals surface area contributed by atoms with Crippen molar-refractivity contribution >= 4 is 0 Å². The Balaban J connectivity index is 2.22. The van der Waals surface area contributed by atoms with Crippen LogP contribution in [-0.4, -0.2) is 12.6 Å². The van der Waals surface area contributed by atoms with E-state index in [1.54, 1.807) is 0 Å². The van der Waals surface area contributed by atoms with Crippen LogP contribution in [0.5, 0.6) is 0 Å². The SMILES string of the molecule is N#CC1NNCC1c1ccccc1. The number of nitrogens with zero attached hydrogens (tertiary/aromatic N) is 1. The number of hydrazine groups is 1. The Morgan fingerprint density at radius 1 is 1.31 bits per heavy atom. The van der Waals surface area contributed by atoms with E-state index in [0.29, 0.717) is 0 Å². The third-order valence-corrected chi connectivity index (χ3v) is 2.35. The Labute approximate surface area is 77.3 Å². The first-order chi connectivity index (χ1) is 6.42. The van der Waals surface area contributed by atoms with Gasteiger partial charge in [-0.1, -0.05) is 30.3 Å². The van der Waals surface area contributed by atoms with Gasteiger partial charge in [0.2, 0.25) is 0 Å². The summed E-state index contributed by atoms with van der Waals surface area (Å²) in [6.45, 7) is 0.822. The van der Waals surface area contributed by atoms with Gasteiger partial charge in [0.25, 0.3) is 0 Å². The van der Waals surface area contributed by atoms with E-state index in [-0.39, 0.29) is 12.0 Å². The molecule has 0 aromatic heterocycles. The molecule has 2 unspecified atom stereocenters. The van der Waals surface area contributed by atoms with E-state index in [0.717, 1.165) is 6.54 Å². The highest BCUT2D eigenvalue weighted by Crippen LogP contribution is 2.20. The third-order valence-electron chi connectivity index (χ3n) is 2.35. The summed E-state index contributed by atoms with van der Waals surface area (Å²) in [4.78, 5) is 0. The predicted octanol–water partition coefficient (Wildman–Crippen LogP) is 0.770. The molecule has 1 aromatic rings. The smallest absolute Gasteiger partial charge is 0.116 e. The second-order valence-electron chi connectivity index (χ2n) is 3.15. The molecule has 2 N–H and O–H groups in total. The molecule has 2 atom stereocenters. The lowest BCUT2D eigenvalue weighted by molar-refractivity contribution is 0.624. The summed E-state index contributed by atoms with van der Waals surface area (Å²) in [6.07, 6.45) is 0. The zero-order chi connectivity index (χ0) is 9.10. The molecule has 66 valence electrons. The van der Waals surface area contributed by atoms with Gasteiger partial charge in [0, 0.05) is 12.5 Å². The zero-order valence-electron chi connectivity index (χ0n) is 7.20. The van der Waals surface area contributed by atoms with Crippen molar-refractivity contribution < 1.29 is 0 Å². The fourth-order valence-corrected chi connectivity index (χ4v) is 1.63. The number of hydrogen-bond acceptors (Lipinski definition) is 3. The quantitative estimate of drug-likeness (QED) is 0.659. The summed E-state index contributed by atoms with van der Waals surface area (Å²) in [5.41, 5.74) is 7.16. The van der Waals surface area contributed by atoms with Crippen molar-refractivity contribution in [2.45, 2.75) is 12.0 Å². The molecule has 1 aliphatic rings. The Kier molecular flexibility index (Phi) is 2.26. The maximum atomic E-state index is 8.85. The maximum Gasteiger partial charge on any atom is 0.116 e. The van der Waals surface area contributed by atoms with Crippen molar-refractivity contribution in [2.24, 2.45) is 0 Å². The molecule has 1 aliphatic heterocycles. The third kappa shape index (κ3) is 1.55. The van der Waals surface area contributed by atoms with E-state index in [9.17, 15) is 0 Å². The Morgan fingerprint density at radius 3 is 2.77 bits per heavy atom. The molecule has 0 bridgehead atoms. The maximum absolute atomic E-state index is 8.85. The molecule has 2 rings (SSSR count). The molecule has 0 saturated carbocycles. The minimum Gasteiger partial charge on any atom is -0.256 e. The van der Waals surface area contributed by atoms with Gasteiger partial charge in [0.1, 0.15) is 6.04 Å². The number of nitriles is 1. The van der Waals surface area contributed by atoms with Crippen molar-refractivity contribution in [3.8, 4) is 6.07 Å². The molecular formula is C10H11N3. The summed E-state index contributed by atoms with van der Waals surface area (Å²) >= 11 is 0. The van der Waals surface area contributed by atoms with E-state index >= 15 is 0 Å². The van der Waals surface area contributed by atoms with Gasteiger partial charge in [-0.15, -0.1) is 0 Å². The number of nitrogens with one attached hydrogen (secondary N) is 2. The van der Waals surface area contributed by atoms with Crippen LogP contribution in [0.3, 0.4) is 0 Å². The van der Waals surface area contributed by atoms with Crippen molar-refractivity contribution in [2.75, 3.05) is 6.54 Å². The fourth-order valence-electron chi connectivity index (χ4n) is 1.63. The molecule has 0 spiro atoms. The first-order valence-electron chi connectivity index (χ1n) is 4.35. The summed E-state index contributed by atoms with van der Waals surface area (Å²) in [7, 11) is 0. The standard InChI is InChI=1S/C10H11N3/c11-6-10-9(7-12-13-10)8-4-2-1-3-5-8/h1-5,9-10,12-13H,7H2. The van der Waals surface area contributed by atoms with Gasteiger partial charge in [-0.3, -0.25) is 5.43 Å². The van der Waals surface area contributed by atoms with Crippen LogP contribution >= 0.6 is 0 Å². The van der Waals surface area contributed by atoms with Gasteiger partial charge in [0.05, 0.1) is 6.07 Å². The summed E-state index contributed by atoms with van der Waals surface area (Å²) in [5.74, 6) is 0.270. The number of rotatable bonds is 1. The average molecular weight is 173 g/mol. The lowest BCUT2D eigenvalue weighted by atomic mass is 9.94. The van der Waals surface area contributed by atoms with Crippen LogP contribution < -0.4 is 10.9 Å². The zero-order valence-corrected chi connectivity index (χ0v) is 7.20. The molecule has 1 saturated heterocycles. The average Bonchev–Trinajstić information content (AvgIpc) is 2.67. The monoisotopic (exact) mass is 173 g/mol. The molecule has 0 amide bonds. The second kappa shape index (κ2) is 3.56. The van der Waals surface area contributed by atoms with E-state index < -0.39 is 0 Å². The van der Waals surface area contributed by atoms with Gasteiger partial charge < -0.3 is 0 Å². The lowest BCUT2D eigenvalue weighted by Gasteiger charge is -2.11. The fraction of sp³-hybridized carbons (Fsp3) is 0.300. The molecule has 1 heterocycles. The highest BCUT2D eigenvalue weighted by atomic mass is 15.4. The van der Waals surface area contributed by atoms with E-state index in [4.69, 9.17) is 5.26 Å². The summed E-state index contributed by atoms with van der Waals surface area (Å²) in [6, 6.07) is 12.2. The molecular weight excluding hydrogens is 162 g/mol. The van der Waals surface area contributed by atoms with Crippen LogP contribution in [-0.2, 0) is 0 Å². The Hall–Kier alpha value is -1.37. The van der Waals surface area contributed by atoms with Crippen molar-refractivity contribution in [3.63, 3.8) is 0 Å². The Morgan fingerprint density at radius 2 is 2.08 bits per heavy atom. The van der Waals surface area contributed by atoms with Crippen LogP contribution in [0, 0.1) is 11.3 Å². The van der Waals surface area contributed by atoms with Gasteiger partial charge >= 0.3 is 0 Å². The van der Waals surface area contributed by atoms with Gasteiger partial charge in [-0.25, -0.2) is 5.43 Å². The van der Waals surface area contributed by atoms with Gasteiger partial charge in [0.15, 0.2) is 0 Å². The number of benzene rings is 1. The first-order valence-corrected chi connectivity index (χ1v) is 4.35. The summed E-state index contributed by atoms with van der Waals surface area (Å²) in [5, 5.41) is 8.85. The first kappa shape index (κ1) is 8.24. The van der Waals surface area contributed by atoms with Crippen molar-refractivity contribution in [1.82, 2.24) is 10.9 Å². The normalized spacial score (nSPS) is 27.0. The predicted molar refractivity (Wildman–Crippen MR) is 49.7 cm³/mol. The molecule has 0 radical (unpaired) electrons. The van der Waals surface area contributed by atoms with Crippen LogP contribution in [0.25, 0.3) is 0 Å². The van der Waals surface area contributed by atoms with Crippen molar-refractivity contribution in [3.05, 3.63) is 35.9 Å². The largest absolute Gasteiger partial charge is 0.256 e. The topological polar surface area (TPSA) is 47.9 Å². The number of hydrogen-bond donors (Lipinski definition) is 2. The van der Waals surface area contributed by atoms with Gasteiger partial charge in [-0.05, 0) is 5.56 Å². The van der Waals surface area contributed by atoms with Crippen LogP contribution in [0.15, 0.2) is 30.3 Å². The minimum absolute atomic E-state index is 0.109. The second-order valence-corrected chi connectivity index (χ2v) is 3.15. The minimum atomic E-state index is -0.109. The molecule has 13 heavy (non-hydrogen) atoms. The molecule has 3 heteroatoms. The lowest BCUT2D eigenvalue weighted by Crippen LogP contribution is -2.29. The van der Waals surface area contributed by atoms with E-state index in [2.05, 4.69) is 29.1 Å². The van der Waals surface area contributed by atoms with E-state index in [1.165, 1.54) is 5.56 Å². The van der Waals surface area contributed by atoms with Crippen LogP contribution in [0.2, 0.25) is 0 Å².